The Kier molecular flexibility index (Phi) is 5.51. The number of hydrogen-bond donors (Lipinski definition) is 0. The number of halogens is 2. The molecule has 1 aliphatic heterocycles. The Morgan fingerprint density at radius 3 is 2.54 bits per heavy atom. The molecular formula is C22H24FIN2. The highest BCUT2D eigenvalue weighted by Crippen LogP contribution is 2.40. The molecule has 3 rings (SSSR count). The number of nitrogens with zero attached hydrogens (tertiary/aromatic N) is 2. The van der Waals surface area contributed by atoms with Gasteiger partial charge in [0, 0.05) is 33.1 Å². The van der Waals surface area contributed by atoms with E-state index in [9.17, 15) is 4.39 Å². The molecule has 0 saturated heterocycles. The summed E-state index contributed by atoms with van der Waals surface area (Å²) in [7, 11) is 0. The Bertz CT molecular complexity index is 866. The maximum atomic E-state index is 14.8. The van der Waals surface area contributed by atoms with E-state index in [0.29, 0.717) is 5.56 Å². The molecule has 0 radical (unpaired) electrons. The van der Waals surface area contributed by atoms with E-state index < -0.39 is 0 Å². The summed E-state index contributed by atoms with van der Waals surface area (Å²) in [5.74, 6) is -0.232. The lowest BCUT2D eigenvalue weighted by molar-refractivity contribution is 0.546. The monoisotopic (exact) mass is 462 g/mol. The van der Waals surface area contributed by atoms with E-state index in [2.05, 4.69) is 66.3 Å². The second-order valence-electron chi connectivity index (χ2n) is 7.26. The minimum Gasteiger partial charge on any atom is -0.362 e. The molecule has 0 bridgehead atoms. The van der Waals surface area contributed by atoms with E-state index in [-0.39, 0.29) is 11.4 Å². The van der Waals surface area contributed by atoms with Crippen molar-refractivity contribution in [2.45, 2.75) is 39.7 Å². The number of allylic oxidation sites excluding steroid dienone is 1. The van der Waals surface area contributed by atoms with Crippen LogP contribution in [0.25, 0.3) is 5.57 Å². The van der Waals surface area contributed by atoms with Crippen molar-refractivity contribution in [1.29, 1.82) is 0 Å². The summed E-state index contributed by atoms with van der Waals surface area (Å²) in [4.78, 5) is 6.73. The van der Waals surface area contributed by atoms with Crippen LogP contribution in [0.5, 0.6) is 0 Å². The molecule has 0 amide bonds. The minimum absolute atomic E-state index is 0.115. The van der Waals surface area contributed by atoms with Crippen LogP contribution < -0.4 is 4.90 Å². The molecule has 0 N–H and O–H groups in total. The van der Waals surface area contributed by atoms with Gasteiger partial charge in [-0.3, -0.25) is 4.99 Å². The van der Waals surface area contributed by atoms with Crippen molar-refractivity contribution in [3.05, 3.63) is 63.0 Å². The van der Waals surface area contributed by atoms with Crippen LogP contribution in [-0.4, -0.2) is 18.3 Å². The maximum absolute atomic E-state index is 14.8. The Morgan fingerprint density at radius 1 is 1.19 bits per heavy atom. The third-order valence-corrected chi connectivity index (χ3v) is 5.44. The number of benzene rings is 2. The molecule has 0 atom stereocenters. The minimum atomic E-state index is -0.232. The van der Waals surface area contributed by atoms with Gasteiger partial charge in [0.2, 0.25) is 0 Å². The van der Waals surface area contributed by atoms with Crippen LogP contribution in [0.4, 0.5) is 15.8 Å². The maximum Gasteiger partial charge on any atom is 0.134 e. The fraction of sp³-hybridized carbons (Fsp3) is 0.318. The molecule has 26 heavy (non-hydrogen) atoms. The average Bonchev–Trinajstić information content (AvgIpc) is 2.58. The standard InChI is InChI=1S/C22H24FIN2/c1-5-10-26-21-12-20(23)16(11-19(21)15(2)13-22(26,3)4)14-25-18-8-6-17(24)7-9-18/h6-9,11-14H,5,10H2,1-4H3. The summed E-state index contributed by atoms with van der Waals surface area (Å²) in [5, 5.41) is 0. The summed E-state index contributed by atoms with van der Waals surface area (Å²) in [6.07, 6.45) is 4.91. The van der Waals surface area contributed by atoms with E-state index >= 15 is 0 Å². The topological polar surface area (TPSA) is 15.6 Å². The zero-order chi connectivity index (χ0) is 18.9. The summed E-state index contributed by atoms with van der Waals surface area (Å²) >= 11 is 2.26. The molecule has 2 aromatic carbocycles. The molecule has 2 aromatic rings. The zero-order valence-electron chi connectivity index (χ0n) is 15.7. The van der Waals surface area contributed by atoms with Crippen molar-refractivity contribution >= 4 is 45.8 Å². The van der Waals surface area contributed by atoms with Gasteiger partial charge in [-0.1, -0.05) is 13.0 Å². The SMILES string of the molecule is CCCN1c2cc(F)c(C=Nc3ccc(I)cc3)cc2C(C)=CC1(C)C. The van der Waals surface area contributed by atoms with Gasteiger partial charge in [0.1, 0.15) is 5.82 Å². The van der Waals surface area contributed by atoms with Crippen LogP contribution in [0.3, 0.4) is 0 Å². The van der Waals surface area contributed by atoms with Crippen LogP contribution in [-0.2, 0) is 0 Å². The molecule has 0 aromatic heterocycles. The number of hydrogen-bond acceptors (Lipinski definition) is 2. The van der Waals surface area contributed by atoms with Gasteiger partial charge in [-0.15, -0.1) is 0 Å². The molecule has 0 spiro atoms. The average molecular weight is 462 g/mol. The predicted molar refractivity (Wildman–Crippen MR) is 118 cm³/mol. The predicted octanol–water partition coefficient (Wildman–Crippen LogP) is 6.59. The van der Waals surface area contributed by atoms with E-state index in [0.717, 1.165) is 33.5 Å². The van der Waals surface area contributed by atoms with Crippen molar-refractivity contribution in [2.75, 3.05) is 11.4 Å². The van der Waals surface area contributed by atoms with Gasteiger partial charge in [0.25, 0.3) is 0 Å². The Hall–Kier alpha value is -1.69. The molecule has 0 aliphatic carbocycles. The second-order valence-corrected chi connectivity index (χ2v) is 8.50. The van der Waals surface area contributed by atoms with Gasteiger partial charge in [-0.25, -0.2) is 4.39 Å². The third kappa shape index (κ3) is 3.85. The lowest BCUT2D eigenvalue weighted by Crippen LogP contribution is -2.45. The first-order valence-electron chi connectivity index (χ1n) is 8.92. The van der Waals surface area contributed by atoms with Crippen LogP contribution in [0, 0.1) is 9.39 Å². The second kappa shape index (κ2) is 7.51. The van der Waals surface area contributed by atoms with Crippen LogP contribution in [0.15, 0.2) is 47.5 Å². The lowest BCUT2D eigenvalue weighted by atomic mass is 9.87. The van der Waals surface area contributed by atoms with E-state index in [1.165, 1.54) is 5.57 Å². The van der Waals surface area contributed by atoms with E-state index in [4.69, 9.17) is 0 Å². The molecule has 4 heteroatoms. The highest BCUT2D eigenvalue weighted by atomic mass is 127. The van der Waals surface area contributed by atoms with Gasteiger partial charge in [0.15, 0.2) is 0 Å². The number of anilines is 1. The van der Waals surface area contributed by atoms with Crippen molar-refractivity contribution in [1.82, 2.24) is 0 Å². The van der Waals surface area contributed by atoms with Crippen molar-refractivity contribution in [3.8, 4) is 0 Å². The highest BCUT2D eigenvalue weighted by molar-refractivity contribution is 14.1. The van der Waals surface area contributed by atoms with E-state index in [1.54, 1.807) is 12.3 Å². The zero-order valence-corrected chi connectivity index (χ0v) is 17.8. The Labute approximate surface area is 169 Å². The van der Waals surface area contributed by atoms with Gasteiger partial charge < -0.3 is 4.90 Å². The Morgan fingerprint density at radius 2 is 1.88 bits per heavy atom. The summed E-state index contributed by atoms with van der Waals surface area (Å²) in [6.45, 7) is 9.51. The fourth-order valence-corrected chi connectivity index (χ4v) is 3.88. The summed E-state index contributed by atoms with van der Waals surface area (Å²) in [5.41, 5.74) is 4.47. The quantitative estimate of drug-likeness (QED) is 0.370. The van der Waals surface area contributed by atoms with Crippen molar-refractivity contribution in [3.63, 3.8) is 0 Å². The largest absolute Gasteiger partial charge is 0.362 e. The molecular weight excluding hydrogens is 438 g/mol. The first-order valence-corrected chi connectivity index (χ1v) is 10.0. The normalized spacial score (nSPS) is 15.9. The molecule has 2 nitrogen and oxygen atoms in total. The number of fused-ring (bicyclic) bond motifs is 1. The van der Waals surface area contributed by atoms with Gasteiger partial charge in [0.05, 0.1) is 11.2 Å². The molecule has 1 heterocycles. The molecule has 0 unspecified atom stereocenters. The van der Waals surface area contributed by atoms with Crippen molar-refractivity contribution < 1.29 is 4.39 Å². The van der Waals surface area contributed by atoms with Gasteiger partial charge in [-0.2, -0.15) is 0 Å². The van der Waals surface area contributed by atoms with Crippen molar-refractivity contribution in [2.24, 2.45) is 4.99 Å². The number of rotatable bonds is 4. The first-order chi connectivity index (χ1) is 12.3. The van der Waals surface area contributed by atoms with Gasteiger partial charge in [-0.05, 0) is 91.8 Å². The summed E-state index contributed by atoms with van der Waals surface area (Å²) in [6, 6.07) is 11.4. The highest BCUT2D eigenvalue weighted by Gasteiger charge is 2.31. The Balaban J connectivity index is 2.01. The first kappa shape index (κ1) is 19.1. The lowest BCUT2D eigenvalue weighted by Gasteiger charge is -2.43. The van der Waals surface area contributed by atoms with Crippen LogP contribution in [0.1, 0.15) is 45.2 Å². The molecule has 0 fully saturated rings. The fourth-order valence-electron chi connectivity index (χ4n) is 3.52. The third-order valence-electron chi connectivity index (χ3n) is 4.72. The van der Waals surface area contributed by atoms with Crippen LogP contribution >= 0.6 is 22.6 Å². The summed E-state index contributed by atoms with van der Waals surface area (Å²) < 4.78 is 16.0. The smallest absolute Gasteiger partial charge is 0.134 e. The van der Waals surface area contributed by atoms with E-state index in [1.807, 2.05) is 30.3 Å². The van der Waals surface area contributed by atoms with Crippen LogP contribution in [0.2, 0.25) is 0 Å². The molecule has 0 saturated carbocycles. The van der Waals surface area contributed by atoms with Gasteiger partial charge >= 0.3 is 0 Å². The molecule has 136 valence electrons. The molecule has 1 aliphatic rings. The number of aliphatic imine (C=N–C) groups is 1.